The monoisotopic (exact) mass is 300 g/mol. The molecule has 5 nitrogen and oxygen atoms in total. The molecule has 2 aromatic rings. The molecule has 116 valence electrons. The Hall–Kier alpha value is -1.88. The smallest absolute Gasteiger partial charge is 0.354 e. The quantitative estimate of drug-likeness (QED) is 0.942. The van der Waals surface area contributed by atoms with Crippen LogP contribution in [0.4, 0.5) is 0 Å². The third-order valence-electron chi connectivity index (χ3n) is 4.79. The number of nitrogens with zero attached hydrogens (tertiary/aromatic N) is 2. The van der Waals surface area contributed by atoms with Crippen LogP contribution in [0, 0.1) is 5.92 Å². The highest BCUT2D eigenvalue weighted by atomic mass is 16.5. The van der Waals surface area contributed by atoms with Crippen molar-refractivity contribution in [3.05, 3.63) is 29.5 Å². The van der Waals surface area contributed by atoms with E-state index < -0.39 is 5.97 Å². The lowest BCUT2D eigenvalue weighted by molar-refractivity contribution is 0.0581. The van der Waals surface area contributed by atoms with Crippen LogP contribution in [0.5, 0.6) is 0 Å². The Balaban J connectivity index is 1.77. The zero-order chi connectivity index (χ0) is 15.1. The number of benzene rings is 1. The Morgan fingerprint density at radius 1 is 1.27 bits per heavy atom. The highest BCUT2D eigenvalue weighted by molar-refractivity contribution is 6.02. The van der Waals surface area contributed by atoms with Crippen molar-refractivity contribution in [2.24, 2.45) is 5.92 Å². The summed E-state index contributed by atoms with van der Waals surface area (Å²) in [5, 5.41) is 15.1. The van der Waals surface area contributed by atoms with Crippen molar-refractivity contribution in [1.82, 2.24) is 9.78 Å². The molecule has 0 spiro atoms. The molecule has 2 heterocycles. The second-order valence-electron chi connectivity index (χ2n) is 6.41. The average Bonchev–Trinajstić information content (AvgIpc) is 3.28. The summed E-state index contributed by atoms with van der Waals surface area (Å²) >= 11 is 0. The van der Waals surface area contributed by atoms with Gasteiger partial charge < -0.3 is 9.84 Å². The molecule has 0 amide bonds. The van der Waals surface area contributed by atoms with Crippen LogP contribution in [0.2, 0.25) is 0 Å². The van der Waals surface area contributed by atoms with E-state index >= 15 is 0 Å². The first-order valence-electron chi connectivity index (χ1n) is 8.04. The molecule has 1 aromatic carbocycles. The van der Waals surface area contributed by atoms with Gasteiger partial charge in [0, 0.05) is 25.1 Å². The van der Waals surface area contributed by atoms with Crippen molar-refractivity contribution >= 4 is 16.9 Å². The number of hydrogen-bond donors (Lipinski definition) is 1. The fourth-order valence-electron chi connectivity index (χ4n) is 3.43. The maximum Gasteiger partial charge on any atom is 0.354 e. The Morgan fingerprint density at radius 3 is 2.73 bits per heavy atom. The lowest BCUT2D eigenvalue weighted by atomic mass is 10.0. The minimum atomic E-state index is -0.887. The summed E-state index contributed by atoms with van der Waals surface area (Å²) in [5.74, 6) is 0.129. The minimum absolute atomic E-state index is 0.337. The van der Waals surface area contributed by atoms with Crippen LogP contribution in [0.15, 0.2) is 18.2 Å². The number of rotatable bonds is 4. The normalized spacial score (nSPS) is 19.6. The third-order valence-corrected chi connectivity index (χ3v) is 4.79. The molecular formula is C17H20N2O3. The SMILES string of the molecule is O=C(O)c1c2cccc(C3CC3)c2nn1CC1CCOCC1. The van der Waals surface area contributed by atoms with Gasteiger partial charge >= 0.3 is 5.97 Å². The first-order valence-corrected chi connectivity index (χ1v) is 8.04. The van der Waals surface area contributed by atoms with Crippen LogP contribution < -0.4 is 0 Å². The van der Waals surface area contributed by atoms with Gasteiger partial charge in [0.15, 0.2) is 5.69 Å². The Labute approximate surface area is 128 Å². The van der Waals surface area contributed by atoms with Gasteiger partial charge in [0.1, 0.15) is 0 Å². The predicted octanol–water partition coefficient (Wildman–Crippen LogP) is 3.04. The largest absolute Gasteiger partial charge is 0.477 e. The topological polar surface area (TPSA) is 64.3 Å². The second-order valence-corrected chi connectivity index (χ2v) is 6.41. The van der Waals surface area contributed by atoms with E-state index in [1.165, 1.54) is 18.4 Å². The molecule has 1 aliphatic carbocycles. The lowest BCUT2D eigenvalue weighted by Gasteiger charge is -2.22. The number of carboxylic acids is 1. The van der Waals surface area contributed by atoms with Gasteiger partial charge in [0.05, 0.1) is 5.52 Å². The summed E-state index contributed by atoms with van der Waals surface area (Å²) in [6, 6.07) is 5.94. The van der Waals surface area contributed by atoms with Crippen LogP contribution in [-0.4, -0.2) is 34.1 Å². The van der Waals surface area contributed by atoms with E-state index in [-0.39, 0.29) is 0 Å². The molecule has 5 heteroatoms. The zero-order valence-electron chi connectivity index (χ0n) is 12.5. The number of carbonyl (C=O) groups is 1. The second kappa shape index (κ2) is 5.39. The summed E-state index contributed by atoms with van der Waals surface area (Å²) in [6.45, 7) is 2.20. The number of aromatic carboxylic acids is 1. The molecule has 22 heavy (non-hydrogen) atoms. The van der Waals surface area contributed by atoms with E-state index in [2.05, 4.69) is 11.2 Å². The molecule has 1 saturated heterocycles. The van der Waals surface area contributed by atoms with Gasteiger partial charge in [-0.25, -0.2) is 4.79 Å². The molecule has 4 rings (SSSR count). The lowest BCUT2D eigenvalue weighted by Crippen LogP contribution is -2.22. The van der Waals surface area contributed by atoms with Gasteiger partial charge in [0.2, 0.25) is 0 Å². The van der Waals surface area contributed by atoms with Gasteiger partial charge in [0.25, 0.3) is 0 Å². The highest BCUT2D eigenvalue weighted by Crippen LogP contribution is 2.43. The zero-order valence-corrected chi connectivity index (χ0v) is 12.5. The average molecular weight is 300 g/mol. The van der Waals surface area contributed by atoms with Crippen LogP contribution in [0.1, 0.15) is 47.7 Å². The van der Waals surface area contributed by atoms with Crippen LogP contribution in [0.3, 0.4) is 0 Å². The van der Waals surface area contributed by atoms with Crippen molar-refractivity contribution in [2.75, 3.05) is 13.2 Å². The molecule has 1 saturated carbocycles. The fraction of sp³-hybridized carbons (Fsp3) is 0.529. The summed E-state index contributed by atoms with van der Waals surface area (Å²) < 4.78 is 7.10. The molecular weight excluding hydrogens is 280 g/mol. The number of ether oxygens (including phenoxy) is 1. The third kappa shape index (κ3) is 2.39. The van der Waals surface area contributed by atoms with Crippen molar-refractivity contribution in [3.8, 4) is 0 Å². The molecule has 1 aromatic heterocycles. The minimum Gasteiger partial charge on any atom is -0.477 e. The van der Waals surface area contributed by atoms with Crippen LogP contribution in [-0.2, 0) is 11.3 Å². The van der Waals surface area contributed by atoms with Crippen molar-refractivity contribution in [2.45, 2.75) is 38.1 Å². The van der Waals surface area contributed by atoms with E-state index in [1.807, 2.05) is 12.1 Å². The summed E-state index contributed by atoms with van der Waals surface area (Å²) in [4.78, 5) is 11.7. The molecule has 0 radical (unpaired) electrons. The van der Waals surface area contributed by atoms with E-state index in [1.54, 1.807) is 4.68 Å². The summed E-state index contributed by atoms with van der Waals surface area (Å²) in [7, 11) is 0. The van der Waals surface area contributed by atoms with Crippen molar-refractivity contribution in [3.63, 3.8) is 0 Å². The van der Waals surface area contributed by atoms with E-state index in [0.717, 1.165) is 37.0 Å². The van der Waals surface area contributed by atoms with Crippen LogP contribution >= 0.6 is 0 Å². The van der Waals surface area contributed by atoms with Gasteiger partial charge in [-0.05, 0) is 43.1 Å². The number of carboxylic acid groups (broad SMARTS) is 1. The number of hydrogen-bond acceptors (Lipinski definition) is 3. The molecule has 2 fully saturated rings. The highest BCUT2D eigenvalue weighted by Gasteiger charge is 2.29. The summed E-state index contributed by atoms with van der Waals surface area (Å²) in [6.07, 6.45) is 4.33. The Bertz CT molecular complexity index is 712. The van der Waals surface area contributed by atoms with Gasteiger partial charge in [-0.3, -0.25) is 4.68 Å². The van der Waals surface area contributed by atoms with Gasteiger partial charge in [-0.1, -0.05) is 18.2 Å². The van der Waals surface area contributed by atoms with Crippen molar-refractivity contribution < 1.29 is 14.6 Å². The molecule has 1 N–H and O–H groups in total. The fourth-order valence-corrected chi connectivity index (χ4v) is 3.43. The van der Waals surface area contributed by atoms with Gasteiger partial charge in [-0.15, -0.1) is 0 Å². The van der Waals surface area contributed by atoms with E-state index in [0.29, 0.717) is 24.1 Å². The number of fused-ring (bicyclic) bond motifs is 1. The Morgan fingerprint density at radius 2 is 2.05 bits per heavy atom. The Kier molecular flexibility index (Phi) is 3.37. The molecule has 0 unspecified atom stereocenters. The standard InChI is InChI=1S/C17H20N2O3/c20-17(21)16-14-3-1-2-13(12-4-5-12)15(14)18-19(16)10-11-6-8-22-9-7-11/h1-3,11-12H,4-10H2,(H,20,21). The maximum absolute atomic E-state index is 11.7. The van der Waals surface area contributed by atoms with Crippen molar-refractivity contribution in [1.29, 1.82) is 0 Å². The molecule has 0 atom stereocenters. The van der Waals surface area contributed by atoms with E-state index in [9.17, 15) is 9.90 Å². The van der Waals surface area contributed by atoms with Gasteiger partial charge in [-0.2, -0.15) is 5.10 Å². The predicted molar refractivity (Wildman–Crippen MR) is 82.2 cm³/mol. The summed E-state index contributed by atoms with van der Waals surface area (Å²) in [5.41, 5.74) is 2.43. The first kappa shape index (κ1) is 13.8. The molecule has 1 aliphatic heterocycles. The van der Waals surface area contributed by atoms with Crippen LogP contribution in [0.25, 0.3) is 10.9 Å². The maximum atomic E-state index is 11.7. The van der Waals surface area contributed by atoms with E-state index in [4.69, 9.17) is 4.74 Å². The molecule has 2 aliphatic rings. The number of aromatic nitrogens is 2. The molecule has 0 bridgehead atoms. The first-order chi connectivity index (χ1) is 10.7.